The number of hydrogen-bond donors (Lipinski definition) is 2. The Hall–Kier alpha value is -2.79. The lowest BCUT2D eigenvalue weighted by atomic mass is 9.99. The predicted octanol–water partition coefficient (Wildman–Crippen LogP) is 4.55. The van der Waals surface area contributed by atoms with Crippen LogP contribution in [0.5, 0.6) is 5.75 Å². The van der Waals surface area contributed by atoms with Crippen molar-refractivity contribution in [2.75, 3.05) is 12.3 Å². The SMILES string of the molecule is CCOC(=O)c1c(-c2ccc(-c3ccccc3O)cc2)csc1N. The Labute approximate surface area is 144 Å². The molecule has 0 saturated carbocycles. The van der Waals surface area contributed by atoms with Crippen LogP contribution in [-0.2, 0) is 4.74 Å². The van der Waals surface area contributed by atoms with E-state index in [1.165, 1.54) is 11.3 Å². The summed E-state index contributed by atoms with van der Waals surface area (Å²) in [7, 11) is 0. The molecule has 1 heterocycles. The number of nitrogens with two attached hydrogens (primary N) is 1. The van der Waals surface area contributed by atoms with Gasteiger partial charge in [-0.3, -0.25) is 0 Å². The number of phenols is 1. The number of carbonyl (C=O) groups excluding carboxylic acids is 1. The van der Waals surface area contributed by atoms with Crippen LogP contribution in [0.15, 0.2) is 53.9 Å². The van der Waals surface area contributed by atoms with Gasteiger partial charge in [-0.25, -0.2) is 4.79 Å². The monoisotopic (exact) mass is 339 g/mol. The van der Waals surface area contributed by atoms with Crippen LogP contribution in [0.1, 0.15) is 17.3 Å². The van der Waals surface area contributed by atoms with Gasteiger partial charge in [0.15, 0.2) is 0 Å². The Bertz CT molecular complexity index is 869. The van der Waals surface area contributed by atoms with Gasteiger partial charge in [0.2, 0.25) is 0 Å². The Morgan fingerprint density at radius 2 is 1.71 bits per heavy atom. The number of hydrogen-bond acceptors (Lipinski definition) is 5. The molecule has 0 unspecified atom stereocenters. The van der Waals surface area contributed by atoms with Crippen molar-refractivity contribution < 1.29 is 14.6 Å². The molecular weight excluding hydrogens is 322 g/mol. The molecule has 0 aliphatic heterocycles. The third kappa shape index (κ3) is 2.98. The zero-order valence-electron chi connectivity index (χ0n) is 13.2. The lowest BCUT2D eigenvalue weighted by Crippen LogP contribution is -2.07. The van der Waals surface area contributed by atoms with E-state index in [2.05, 4.69) is 0 Å². The molecule has 122 valence electrons. The number of para-hydroxylation sites is 1. The molecule has 0 aliphatic rings. The standard InChI is InChI=1S/C19H17NO3S/c1-2-23-19(22)17-15(11-24-18(17)20)13-9-7-12(8-10-13)14-5-3-4-6-16(14)21/h3-11,21H,2,20H2,1H3. The van der Waals surface area contributed by atoms with Crippen LogP contribution >= 0.6 is 11.3 Å². The average molecular weight is 339 g/mol. The highest BCUT2D eigenvalue weighted by molar-refractivity contribution is 7.14. The number of ether oxygens (including phenoxy) is 1. The van der Waals surface area contributed by atoms with Gasteiger partial charge < -0.3 is 15.6 Å². The molecule has 1 aromatic heterocycles. The van der Waals surface area contributed by atoms with Crippen molar-refractivity contribution in [2.45, 2.75) is 6.92 Å². The molecule has 5 heteroatoms. The van der Waals surface area contributed by atoms with Crippen LogP contribution in [0.3, 0.4) is 0 Å². The van der Waals surface area contributed by atoms with E-state index < -0.39 is 5.97 Å². The van der Waals surface area contributed by atoms with Crippen molar-refractivity contribution in [1.29, 1.82) is 0 Å². The maximum Gasteiger partial charge on any atom is 0.341 e. The number of nitrogen functional groups attached to an aromatic ring is 1. The second-order valence-corrected chi connectivity index (χ2v) is 6.11. The van der Waals surface area contributed by atoms with E-state index in [9.17, 15) is 9.90 Å². The molecule has 0 fully saturated rings. The highest BCUT2D eigenvalue weighted by Crippen LogP contribution is 2.36. The van der Waals surface area contributed by atoms with E-state index in [4.69, 9.17) is 10.5 Å². The van der Waals surface area contributed by atoms with Crippen molar-refractivity contribution in [3.05, 3.63) is 59.5 Å². The lowest BCUT2D eigenvalue weighted by Gasteiger charge is -2.08. The number of benzene rings is 2. The maximum absolute atomic E-state index is 12.1. The van der Waals surface area contributed by atoms with Crippen LogP contribution in [0.4, 0.5) is 5.00 Å². The Kier molecular flexibility index (Phi) is 4.53. The van der Waals surface area contributed by atoms with Crippen molar-refractivity contribution in [2.24, 2.45) is 0 Å². The summed E-state index contributed by atoms with van der Waals surface area (Å²) in [5.74, 6) is -0.173. The summed E-state index contributed by atoms with van der Waals surface area (Å²) in [6, 6.07) is 14.8. The minimum atomic E-state index is -0.406. The fourth-order valence-electron chi connectivity index (χ4n) is 2.55. The molecule has 3 rings (SSSR count). The molecule has 0 spiro atoms. The van der Waals surface area contributed by atoms with E-state index in [0.29, 0.717) is 17.2 Å². The molecule has 3 N–H and O–H groups in total. The Morgan fingerprint density at radius 1 is 1.08 bits per heavy atom. The normalized spacial score (nSPS) is 10.5. The quantitative estimate of drug-likeness (QED) is 0.684. The Balaban J connectivity index is 1.98. The fourth-order valence-corrected chi connectivity index (χ4v) is 3.36. The fraction of sp³-hybridized carbons (Fsp3) is 0.105. The van der Waals surface area contributed by atoms with E-state index in [0.717, 1.165) is 22.3 Å². The first-order valence-corrected chi connectivity index (χ1v) is 8.42. The summed E-state index contributed by atoms with van der Waals surface area (Å²) < 4.78 is 5.09. The van der Waals surface area contributed by atoms with Crippen molar-refractivity contribution in [3.8, 4) is 28.0 Å². The van der Waals surface area contributed by atoms with Crippen molar-refractivity contribution in [3.63, 3.8) is 0 Å². The first-order chi connectivity index (χ1) is 11.6. The molecule has 0 saturated heterocycles. The topological polar surface area (TPSA) is 72.5 Å². The van der Waals surface area contributed by atoms with Gasteiger partial charge in [0.25, 0.3) is 0 Å². The summed E-state index contributed by atoms with van der Waals surface area (Å²) in [4.78, 5) is 12.1. The Morgan fingerprint density at radius 3 is 2.33 bits per heavy atom. The van der Waals surface area contributed by atoms with Crippen LogP contribution in [0.25, 0.3) is 22.3 Å². The molecule has 0 aliphatic carbocycles. The molecule has 24 heavy (non-hydrogen) atoms. The third-order valence-electron chi connectivity index (χ3n) is 3.71. The van der Waals surface area contributed by atoms with Crippen LogP contribution < -0.4 is 5.73 Å². The first kappa shape index (κ1) is 16.1. The summed E-state index contributed by atoms with van der Waals surface area (Å²) in [6.45, 7) is 2.07. The number of phenolic OH excluding ortho intramolecular Hbond substituents is 1. The highest BCUT2D eigenvalue weighted by atomic mass is 32.1. The number of thiophene rings is 1. The summed E-state index contributed by atoms with van der Waals surface area (Å²) >= 11 is 1.32. The average Bonchev–Trinajstić information content (AvgIpc) is 2.97. The lowest BCUT2D eigenvalue weighted by molar-refractivity contribution is 0.0529. The number of carbonyl (C=O) groups is 1. The van der Waals surface area contributed by atoms with Gasteiger partial charge in [-0.15, -0.1) is 11.3 Å². The molecule has 4 nitrogen and oxygen atoms in total. The summed E-state index contributed by atoms with van der Waals surface area (Å²) in [5, 5.41) is 12.3. The van der Waals surface area contributed by atoms with Gasteiger partial charge >= 0.3 is 5.97 Å². The van der Waals surface area contributed by atoms with Crippen LogP contribution in [0.2, 0.25) is 0 Å². The van der Waals surface area contributed by atoms with Gasteiger partial charge in [-0.1, -0.05) is 42.5 Å². The van der Waals surface area contributed by atoms with E-state index in [1.807, 2.05) is 41.8 Å². The van der Waals surface area contributed by atoms with Gasteiger partial charge in [0.05, 0.1) is 6.61 Å². The minimum absolute atomic E-state index is 0.234. The minimum Gasteiger partial charge on any atom is -0.507 e. The maximum atomic E-state index is 12.1. The molecular formula is C19H17NO3S. The number of anilines is 1. The van der Waals surface area contributed by atoms with Gasteiger partial charge in [0, 0.05) is 16.5 Å². The highest BCUT2D eigenvalue weighted by Gasteiger charge is 2.19. The number of rotatable bonds is 4. The summed E-state index contributed by atoms with van der Waals surface area (Å²) in [5.41, 5.74) is 9.66. The third-order valence-corrected chi connectivity index (χ3v) is 4.52. The van der Waals surface area contributed by atoms with E-state index in [-0.39, 0.29) is 5.75 Å². The van der Waals surface area contributed by atoms with Gasteiger partial charge in [-0.05, 0) is 24.1 Å². The van der Waals surface area contributed by atoms with Crippen molar-refractivity contribution in [1.82, 2.24) is 0 Å². The summed E-state index contributed by atoms with van der Waals surface area (Å²) in [6.07, 6.45) is 0. The van der Waals surface area contributed by atoms with E-state index in [1.54, 1.807) is 19.1 Å². The van der Waals surface area contributed by atoms with Crippen molar-refractivity contribution >= 4 is 22.3 Å². The largest absolute Gasteiger partial charge is 0.507 e. The molecule has 0 atom stereocenters. The van der Waals surface area contributed by atoms with Crippen LogP contribution in [0, 0.1) is 0 Å². The number of esters is 1. The zero-order valence-corrected chi connectivity index (χ0v) is 14.0. The predicted molar refractivity (Wildman–Crippen MR) is 97.2 cm³/mol. The molecule has 0 amide bonds. The first-order valence-electron chi connectivity index (χ1n) is 7.54. The van der Waals surface area contributed by atoms with Gasteiger partial charge in [0.1, 0.15) is 16.3 Å². The second-order valence-electron chi connectivity index (χ2n) is 5.20. The molecule has 0 bridgehead atoms. The van der Waals surface area contributed by atoms with Crippen LogP contribution in [-0.4, -0.2) is 17.7 Å². The molecule has 0 radical (unpaired) electrons. The van der Waals surface area contributed by atoms with E-state index >= 15 is 0 Å². The second kappa shape index (κ2) is 6.76. The number of aromatic hydroxyl groups is 1. The molecule has 2 aromatic carbocycles. The smallest absolute Gasteiger partial charge is 0.341 e. The van der Waals surface area contributed by atoms with Gasteiger partial charge in [-0.2, -0.15) is 0 Å². The zero-order chi connectivity index (χ0) is 17.1. The molecule has 3 aromatic rings.